The lowest BCUT2D eigenvalue weighted by Crippen LogP contribution is -2.27. The molecule has 94 valence electrons. The van der Waals surface area contributed by atoms with Gasteiger partial charge in [-0.15, -0.1) is 0 Å². The Bertz CT molecular complexity index is 429. The van der Waals surface area contributed by atoms with E-state index in [0.29, 0.717) is 10.4 Å². The van der Waals surface area contributed by atoms with Gasteiger partial charge in [-0.05, 0) is 42.5 Å². The monoisotopic (exact) mass is 270 g/mol. The summed E-state index contributed by atoms with van der Waals surface area (Å²) in [5.74, 6) is 0.426. The normalized spacial score (nSPS) is 14.6. The van der Waals surface area contributed by atoms with Crippen LogP contribution in [0.15, 0.2) is 28.8 Å². The first-order chi connectivity index (χ1) is 7.79. The van der Waals surface area contributed by atoms with E-state index in [-0.39, 0.29) is 5.41 Å². The molecule has 0 saturated heterocycles. The maximum Gasteiger partial charge on any atom is 0.103 e. The van der Waals surface area contributed by atoms with E-state index in [1.165, 1.54) is 16.7 Å². The van der Waals surface area contributed by atoms with Gasteiger partial charge in [-0.1, -0.05) is 62.2 Å². The van der Waals surface area contributed by atoms with Crippen molar-refractivity contribution in [3.63, 3.8) is 0 Å². The van der Waals surface area contributed by atoms with Crippen LogP contribution in [-0.4, -0.2) is 0 Å². The Labute approximate surface area is 115 Å². The maximum absolute atomic E-state index is 5.87. The van der Waals surface area contributed by atoms with E-state index < -0.39 is 0 Å². The standard InChI is InChI=1S/C15H20Cl2/c1-10(2)15(5,9-14(16)17)13-8-6-7-11(3)12(13)4/h6-10H,1-5H3. The second-order valence-corrected chi connectivity index (χ2v) is 6.13. The van der Waals surface area contributed by atoms with E-state index in [1.54, 1.807) is 0 Å². The molecule has 0 aliphatic carbocycles. The highest BCUT2D eigenvalue weighted by Gasteiger charge is 2.30. The average molecular weight is 271 g/mol. The summed E-state index contributed by atoms with van der Waals surface area (Å²) < 4.78 is 0.335. The molecule has 0 aliphatic heterocycles. The van der Waals surface area contributed by atoms with Crippen LogP contribution in [0.2, 0.25) is 0 Å². The predicted octanol–water partition coefficient (Wildman–Crippen LogP) is 5.54. The minimum Gasteiger partial charge on any atom is -0.0712 e. The lowest BCUT2D eigenvalue weighted by Gasteiger charge is -2.33. The molecule has 17 heavy (non-hydrogen) atoms. The molecular weight excluding hydrogens is 251 g/mol. The molecule has 0 N–H and O–H groups in total. The van der Waals surface area contributed by atoms with Crippen molar-refractivity contribution in [2.75, 3.05) is 0 Å². The van der Waals surface area contributed by atoms with Gasteiger partial charge in [0, 0.05) is 5.41 Å². The number of hydrogen-bond donors (Lipinski definition) is 0. The fourth-order valence-corrected chi connectivity index (χ4v) is 2.57. The van der Waals surface area contributed by atoms with Crippen molar-refractivity contribution < 1.29 is 0 Å². The second-order valence-electron chi connectivity index (χ2n) is 5.12. The molecule has 1 atom stereocenters. The predicted molar refractivity (Wildman–Crippen MR) is 77.9 cm³/mol. The molecule has 0 spiro atoms. The van der Waals surface area contributed by atoms with Crippen molar-refractivity contribution in [2.24, 2.45) is 5.92 Å². The maximum atomic E-state index is 5.87. The van der Waals surface area contributed by atoms with Crippen LogP contribution in [0.5, 0.6) is 0 Å². The van der Waals surface area contributed by atoms with Crippen LogP contribution in [0.1, 0.15) is 37.5 Å². The number of rotatable bonds is 3. The average Bonchev–Trinajstić information content (AvgIpc) is 2.20. The molecule has 0 amide bonds. The Morgan fingerprint density at radius 2 is 1.82 bits per heavy atom. The van der Waals surface area contributed by atoms with E-state index in [2.05, 4.69) is 52.8 Å². The molecular formula is C15H20Cl2. The molecule has 0 fully saturated rings. The Hall–Kier alpha value is -0.460. The highest BCUT2D eigenvalue weighted by Crippen LogP contribution is 2.38. The van der Waals surface area contributed by atoms with Gasteiger partial charge in [-0.3, -0.25) is 0 Å². The van der Waals surface area contributed by atoms with Gasteiger partial charge in [-0.25, -0.2) is 0 Å². The van der Waals surface area contributed by atoms with E-state index >= 15 is 0 Å². The lowest BCUT2D eigenvalue weighted by atomic mass is 9.71. The minimum atomic E-state index is -0.130. The smallest absolute Gasteiger partial charge is 0.0712 e. The third-order valence-electron chi connectivity index (χ3n) is 3.79. The second kappa shape index (κ2) is 5.46. The summed E-state index contributed by atoms with van der Waals surface area (Å²) in [5, 5.41) is 0. The number of halogens is 2. The fraction of sp³-hybridized carbons (Fsp3) is 0.467. The van der Waals surface area contributed by atoms with Crippen molar-refractivity contribution in [3.05, 3.63) is 45.5 Å². The molecule has 1 unspecified atom stereocenters. The van der Waals surface area contributed by atoms with Gasteiger partial charge >= 0.3 is 0 Å². The highest BCUT2D eigenvalue weighted by atomic mass is 35.5. The van der Waals surface area contributed by atoms with Gasteiger partial charge < -0.3 is 0 Å². The molecule has 0 saturated carbocycles. The quantitative estimate of drug-likeness (QED) is 0.677. The van der Waals surface area contributed by atoms with Crippen LogP contribution in [0.4, 0.5) is 0 Å². The summed E-state index contributed by atoms with van der Waals surface area (Å²) in [4.78, 5) is 0. The third kappa shape index (κ3) is 3.05. The van der Waals surface area contributed by atoms with Crippen molar-refractivity contribution in [1.29, 1.82) is 0 Å². The molecule has 0 bridgehead atoms. The zero-order valence-corrected chi connectivity index (χ0v) is 12.7. The van der Waals surface area contributed by atoms with E-state index in [4.69, 9.17) is 23.2 Å². The summed E-state index contributed by atoms with van der Waals surface area (Å²) >= 11 is 11.7. The Morgan fingerprint density at radius 3 is 2.29 bits per heavy atom. The summed E-state index contributed by atoms with van der Waals surface area (Å²) in [7, 11) is 0. The lowest BCUT2D eigenvalue weighted by molar-refractivity contribution is 0.418. The molecule has 1 aromatic carbocycles. The van der Waals surface area contributed by atoms with Crippen molar-refractivity contribution in [2.45, 2.75) is 40.0 Å². The first kappa shape index (κ1) is 14.6. The van der Waals surface area contributed by atoms with E-state index in [9.17, 15) is 0 Å². The van der Waals surface area contributed by atoms with Gasteiger partial charge in [0.2, 0.25) is 0 Å². The molecule has 1 aromatic rings. The molecule has 0 aliphatic rings. The molecule has 0 nitrogen and oxygen atoms in total. The summed E-state index contributed by atoms with van der Waals surface area (Å²) in [6.45, 7) is 10.8. The zero-order valence-electron chi connectivity index (χ0n) is 11.1. The van der Waals surface area contributed by atoms with Gasteiger partial charge in [-0.2, -0.15) is 0 Å². The van der Waals surface area contributed by atoms with E-state index in [1.807, 2.05) is 6.08 Å². The van der Waals surface area contributed by atoms with Crippen molar-refractivity contribution in [1.82, 2.24) is 0 Å². The van der Waals surface area contributed by atoms with Crippen LogP contribution < -0.4 is 0 Å². The van der Waals surface area contributed by atoms with Crippen LogP contribution in [-0.2, 0) is 5.41 Å². The molecule has 0 radical (unpaired) electrons. The van der Waals surface area contributed by atoms with Crippen LogP contribution in [0, 0.1) is 19.8 Å². The minimum absolute atomic E-state index is 0.130. The van der Waals surface area contributed by atoms with Crippen LogP contribution in [0.3, 0.4) is 0 Å². The topological polar surface area (TPSA) is 0 Å². The fourth-order valence-electron chi connectivity index (χ4n) is 2.12. The van der Waals surface area contributed by atoms with Crippen LogP contribution in [0.25, 0.3) is 0 Å². The SMILES string of the molecule is Cc1cccc(C(C)(C=C(Cl)Cl)C(C)C)c1C. The Balaban J connectivity index is 3.43. The molecule has 1 rings (SSSR count). The highest BCUT2D eigenvalue weighted by molar-refractivity contribution is 6.55. The summed E-state index contributed by atoms with van der Waals surface area (Å²) in [6, 6.07) is 6.38. The van der Waals surface area contributed by atoms with Gasteiger partial charge in [0.05, 0.1) is 0 Å². The largest absolute Gasteiger partial charge is 0.103 e. The van der Waals surface area contributed by atoms with Crippen molar-refractivity contribution >= 4 is 23.2 Å². The first-order valence-electron chi connectivity index (χ1n) is 5.89. The van der Waals surface area contributed by atoms with E-state index in [0.717, 1.165) is 0 Å². The number of benzene rings is 1. The van der Waals surface area contributed by atoms with Crippen LogP contribution >= 0.6 is 23.2 Å². The number of hydrogen-bond acceptors (Lipinski definition) is 0. The van der Waals surface area contributed by atoms with Gasteiger partial charge in [0.15, 0.2) is 0 Å². The Kier molecular flexibility index (Phi) is 4.69. The van der Waals surface area contributed by atoms with Gasteiger partial charge in [0.1, 0.15) is 4.49 Å². The number of allylic oxidation sites excluding steroid dienone is 1. The van der Waals surface area contributed by atoms with Gasteiger partial charge in [0.25, 0.3) is 0 Å². The summed E-state index contributed by atoms with van der Waals surface area (Å²) in [6.07, 6.45) is 1.95. The first-order valence-corrected chi connectivity index (χ1v) is 6.65. The number of aryl methyl sites for hydroxylation is 1. The summed E-state index contributed by atoms with van der Waals surface area (Å²) in [5.41, 5.74) is 3.78. The zero-order chi connectivity index (χ0) is 13.2. The molecule has 0 aromatic heterocycles. The third-order valence-corrected chi connectivity index (χ3v) is 4.01. The molecule has 0 heterocycles. The Morgan fingerprint density at radius 1 is 1.24 bits per heavy atom. The van der Waals surface area contributed by atoms with Crippen molar-refractivity contribution in [3.8, 4) is 0 Å². The molecule has 2 heteroatoms.